The number of hydrogen-bond donors (Lipinski definition) is 3. The van der Waals surface area contributed by atoms with Crippen LogP contribution in [0.4, 0.5) is 10.5 Å². The molecule has 2 aromatic rings. The Morgan fingerprint density at radius 1 is 1.22 bits per heavy atom. The van der Waals surface area contributed by atoms with E-state index < -0.39 is 6.10 Å². The molecule has 5 nitrogen and oxygen atoms in total. The number of thiophene rings is 1. The summed E-state index contributed by atoms with van der Waals surface area (Å²) < 4.78 is 5.42. The topological polar surface area (TPSA) is 70.6 Å². The molecule has 1 fully saturated rings. The maximum atomic E-state index is 12.4. The number of nitrogens with one attached hydrogen (secondary N) is 2. The molecule has 0 radical (unpaired) electrons. The van der Waals surface area contributed by atoms with Crippen molar-refractivity contribution in [2.75, 3.05) is 18.5 Å². The third kappa shape index (κ3) is 4.82. The molecule has 1 aliphatic carbocycles. The third-order valence-electron chi connectivity index (χ3n) is 5.13. The van der Waals surface area contributed by atoms with Crippen molar-refractivity contribution >= 4 is 23.1 Å². The molecule has 0 saturated heterocycles. The lowest BCUT2D eigenvalue weighted by molar-refractivity contribution is 0.203. The van der Waals surface area contributed by atoms with Crippen LogP contribution in [0.2, 0.25) is 0 Å². The van der Waals surface area contributed by atoms with Crippen LogP contribution in [0, 0.1) is 0 Å². The van der Waals surface area contributed by atoms with Gasteiger partial charge < -0.3 is 20.5 Å². The van der Waals surface area contributed by atoms with Crippen molar-refractivity contribution in [3.8, 4) is 5.75 Å². The van der Waals surface area contributed by atoms with E-state index in [1.54, 1.807) is 18.3 Å². The van der Waals surface area contributed by atoms with Crippen LogP contribution in [0.1, 0.15) is 55.4 Å². The quantitative estimate of drug-likeness (QED) is 0.636. The fraction of sp³-hybridized carbons (Fsp3) is 0.476. The summed E-state index contributed by atoms with van der Waals surface area (Å²) in [4.78, 5) is 14.6. The summed E-state index contributed by atoms with van der Waals surface area (Å²) in [6.07, 6.45) is 4.03. The van der Waals surface area contributed by atoms with Gasteiger partial charge in [0.15, 0.2) is 0 Å². The first kappa shape index (κ1) is 19.7. The summed E-state index contributed by atoms with van der Waals surface area (Å²) in [6, 6.07) is 11.3. The van der Waals surface area contributed by atoms with Gasteiger partial charge in [0, 0.05) is 27.4 Å². The third-order valence-corrected chi connectivity index (χ3v) is 6.63. The van der Waals surface area contributed by atoms with E-state index in [9.17, 15) is 9.90 Å². The zero-order valence-corrected chi connectivity index (χ0v) is 16.8. The van der Waals surface area contributed by atoms with Gasteiger partial charge in [-0.2, -0.15) is 0 Å². The summed E-state index contributed by atoms with van der Waals surface area (Å²) in [7, 11) is 0. The molecule has 0 bridgehead atoms. The maximum absolute atomic E-state index is 12.4. The molecule has 6 heteroatoms. The van der Waals surface area contributed by atoms with Crippen LogP contribution in [-0.4, -0.2) is 24.3 Å². The maximum Gasteiger partial charge on any atom is 0.319 e. The molecule has 0 aliphatic heterocycles. The lowest BCUT2D eigenvalue weighted by Gasteiger charge is -2.28. The lowest BCUT2D eigenvalue weighted by Crippen LogP contribution is -2.40. The van der Waals surface area contributed by atoms with Crippen molar-refractivity contribution in [3.63, 3.8) is 0 Å². The highest BCUT2D eigenvalue weighted by Gasteiger charge is 2.37. The van der Waals surface area contributed by atoms with Crippen molar-refractivity contribution in [1.82, 2.24) is 5.32 Å². The summed E-state index contributed by atoms with van der Waals surface area (Å²) in [5, 5.41) is 15.8. The average Bonchev–Trinajstić information content (AvgIpc) is 3.32. The summed E-state index contributed by atoms with van der Waals surface area (Å²) >= 11 is 1.66. The molecule has 1 unspecified atom stereocenters. The highest BCUT2D eigenvalue weighted by Crippen LogP contribution is 2.44. The summed E-state index contributed by atoms with van der Waals surface area (Å²) in [6.45, 7) is 4.96. The van der Waals surface area contributed by atoms with E-state index in [1.165, 1.54) is 17.7 Å². The number of anilines is 1. The normalized spacial score (nSPS) is 16.7. The zero-order valence-electron chi connectivity index (χ0n) is 16.0. The number of hydrogen-bond acceptors (Lipinski definition) is 4. The van der Waals surface area contributed by atoms with Gasteiger partial charge in [0.2, 0.25) is 0 Å². The first-order chi connectivity index (χ1) is 13.0. The van der Waals surface area contributed by atoms with Crippen LogP contribution in [0.15, 0.2) is 36.4 Å². The molecule has 3 rings (SSSR count). The van der Waals surface area contributed by atoms with Gasteiger partial charge >= 0.3 is 6.03 Å². The Kier molecular flexibility index (Phi) is 6.39. The zero-order chi connectivity index (χ0) is 19.3. The lowest BCUT2D eigenvalue weighted by atomic mass is 9.84. The number of rotatable bonds is 7. The molecule has 3 N–H and O–H groups in total. The number of carbonyl (C=O) groups excluding carboxylic acids is 1. The molecule has 0 spiro atoms. The fourth-order valence-electron chi connectivity index (χ4n) is 3.65. The molecule has 1 atom stereocenters. The molecule has 146 valence electrons. The SMILES string of the molecule is CCOc1ccc(NC(=O)NCC2(c3ccc(C(C)O)s3)CCCC2)cc1. The van der Waals surface area contributed by atoms with Gasteiger partial charge in [-0.25, -0.2) is 4.79 Å². The van der Waals surface area contributed by atoms with Gasteiger partial charge in [-0.3, -0.25) is 0 Å². The highest BCUT2D eigenvalue weighted by molar-refractivity contribution is 7.12. The van der Waals surface area contributed by atoms with Crippen LogP contribution in [0.5, 0.6) is 5.75 Å². The second kappa shape index (κ2) is 8.76. The molecule has 27 heavy (non-hydrogen) atoms. The monoisotopic (exact) mass is 388 g/mol. The first-order valence-electron chi connectivity index (χ1n) is 9.58. The second-order valence-electron chi connectivity index (χ2n) is 7.13. The number of ether oxygens (including phenoxy) is 1. The van der Waals surface area contributed by atoms with Gasteiger partial charge in [0.1, 0.15) is 5.75 Å². The van der Waals surface area contributed by atoms with E-state index in [0.717, 1.165) is 29.2 Å². The number of aliphatic hydroxyl groups excluding tert-OH is 1. The van der Waals surface area contributed by atoms with Gasteiger partial charge in [-0.15, -0.1) is 11.3 Å². The largest absolute Gasteiger partial charge is 0.494 e. The van der Waals surface area contributed by atoms with Crippen molar-refractivity contribution in [3.05, 3.63) is 46.2 Å². The molecular weight excluding hydrogens is 360 g/mol. The van der Waals surface area contributed by atoms with Crippen molar-refractivity contribution in [2.45, 2.75) is 51.0 Å². The number of benzene rings is 1. The molecular formula is C21H28N2O3S. The van der Waals surface area contributed by atoms with Crippen molar-refractivity contribution in [2.24, 2.45) is 0 Å². The average molecular weight is 389 g/mol. The van der Waals surface area contributed by atoms with Gasteiger partial charge in [0.25, 0.3) is 0 Å². The Bertz CT molecular complexity index is 749. The number of carbonyl (C=O) groups is 1. The van der Waals surface area contributed by atoms with Crippen LogP contribution in [0.25, 0.3) is 0 Å². The number of aliphatic hydroxyl groups is 1. The molecule has 1 saturated carbocycles. The number of amides is 2. The fourth-order valence-corrected chi connectivity index (χ4v) is 4.84. The molecule has 1 aliphatic rings. The Balaban J connectivity index is 1.61. The summed E-state index contributed by atoms with van der Waals surface area (Å²) in [5.74, 6) is 0.792. The van der Waals surface area contributed by atoms with Gasteiger partial charge in [-0.1, -0.05) is 12.8 Å². The Labute approximate surface area is 164 Å². The Hall–Kier alpha value is -2.05. The van der Waals surface area contributed by atoms with Crippen LogP contribution in [0.3, 0.4) is 0 Å². The minimum absolute atomic E-state index is 0.0199. The predicted molar refractivity (Wildman–Crippen MR) is 110 cm³/mol. The smallest absolute Gasteiger partial charge is 0.319 e. The molecule has 1 heterocycles. The van der Waals surface area contributed by atoms with Crippen molar-refractivity contribution < 1.29 is 14.6 Å². The molecule has 1 aromatic carbocycles. The van der Waals surface area contributed by atoms with Crippen LogP contribution in [-0.2, 0) is 5.41 Å². The van der Waals surface area contributed by atoms with Gasteiger partial charge in [0.05, 0.1) is 12.7 Å². The minimum Gasteiger partial charge on any atom is -0.494 e. The van der Waals surface area contributed by atoms with E-state index >= 15 is 0 Å². The van der Waals surface area contributed by atoms with Crippen LogP contribution >= 0.6 is 11.3 Å². The first-order valence-corrected chi connectivity index (χ1v) is 10.4. The van der Waals surface area contributed by atoms with E-state index in [4.69, 9.17) is 4.74 Å². The van der Waals surface area contributed by atoms with E-state index in [2.05, 4.69) is 16.7 Å². The summed E-state index contributed by atoms with van der Waals surface area (Å²) in [5.41, 5.74) is 0.720. The van der Waals surface area contributed by atoms with E-state index in [1.807, 2.05) is 37.3 Å². The number of urea groups is 1. The van der Waals surface area contributed by atoms with Crippen LogP contribution < -0.4 is 15.4 Å². The van der Waals surface area contributed by atoms with Crippen molar-refractivity contribution in [1.29, 1.82) is 0 Å². The predicted octanol–water partition coefficient (Wildman–Crippen LogP) is 4.83. The second-order valence-corrected chi connectivity index (χ2v) is 8.25. The Morgan fingerprint density at radius 3 is 2.52 bits per heavy atom. The molecule has 1 aromatic heterocycles. The molecule has 2 amide bonds. The Morgan fingerprint density at radius 2 is 1.93 bits per heavy atom. The van der Waals surface area contributed by atoms with E-state index in [0.29, 0.717) is 13.2 Å². The standard InChI is InChI=1S/C21H28N2O3S/c1-3-26-17-8-6-16(7-9-17)23-20(25)22-14-21(12-4-5-13-21)19-11-10-18(27-19)15(2)24/h6-11,15,24H,3-5,12-14H2,1-2H3,(H2,22,23,25). The van der Waals surface area contributed by atoms with E-state index in [-0.39, 0.29) is 11.4 Å². The minimum atomic E-state index is -0.446. The highest BCUT2D eigenvalue weighted by atomic mass is 32.1. The van der Waals surface area contributed by atoms with Gasteiger partial charge in [-0.05, 0) is 63.1 Å².